The van der Waals surface area contributed by atoms with E-state index >= 15 is 0 Å². The van der Waals surface area contributed by atoms with Crippen molar-refractivity contribution in [3.05, 3.63) is 77.1 Å². The third-order valence-corrected chi connectivity index (χ3v) is 4.75. The lowest BCUT2D eigenvalue weighted by atomic mass is 10.1. The number of ether oxygens (including phenoxy) is 1. The topological polar surface area (TPSA) is 75.6 Å². The van der Waals surface area contributed by atoms with Gasteiger partial charge in [0.1, 0.15) is 18.1 Å². The normalized spacial score (nSPS) is 10.6. The predicted molar refractivity (Wildman–Crippen MR) is 104 cm³/mol. The van der Waals surface area contributed by atoms with Gasteiger partial charge in [-0.05, 0) is 36.8 Å². The van der Waals surface area contributed by atoms with Crippen LogP contribution >= 0.6 is 11.7 Å². The standard InChI is InChI=1S/C20H21N3O3S/c1-15-19(22-27-21-15)14-26-18-9-7-17(8-10-18)20(25)23(11-12-24)13-16-5-3-2-4-6-16/h2-10,24H,11-14H2,1H3. The minimum atomic E-state index is -0.126. The molecule has 0 aliphatic rings. The summed E-state index contributed by atoms with van der Waals surface area (Å²) in [6.45, 7) is 2.89. The van der Waals surface area contributed by atoms with Crippen LogP contribution in [0.4, 0.5) is 0 Å². The number of aromatic nitrogens is 2. The molecule has 0 aliphatic heterocycles. The highest BCUT2D eigenvalue weighted by Crippen LogP contribution is 2.17. The summed E-state index contributed by atoms with van der Waals surface area (Å²) < 4.78 is 14.0. The number of aryl methyl sites for hydroxylation is 1. The summed E-state index contributed by atoms with van der Waals surface area (Å²) in [5.74, 6) is 0.537. The number of nitrogens with zero attached hydrogens (tertiary/aromatic N) is 3. The van der Waals surface area contributed by atoms with Crippen LogP contribution in [0.15, 0.2) is 54.6 Å². The fraction of sp³-hybridized carbons (Fsp3) is 0.250. The van der Waals surface area contributed by atoms with Crippen molar-refractivity contribution in [2.45, 2.75) is 20.1 Å². The fourth-order valence-corrected chi connectivity index (χ4v) is 3.14. The average molecular weight is 383 g/mol. The lowest BCUT2D eigenvalue weighted by molar-refractivity contribution is 0.0708. The van der Waals surface area contributed by atoms with Gasteiger partial charge in [0.05, 0.1) is 24.0 Å². The lowest BCUT2D eigenvalue weighted by Crippen LogP contribution is -2.33. The molecular formula is C20H21N3O3S. The Hall–Kier alpha value is -2.77. The first-order chi connectivity index (χ1) is 13.2. The molecule has 27 heavy (non-hydrogen) atoms. The minimum absolute atomic E-state index is 0.0825. The first kappa shape index (κ1) is 19.0. The predicted octanol–water partition coefficient (Wildman–Crippen LogP) is 3.06. The van der Waals surface area contributed by atoms with Gasteiger partial charge >= 0.3 is 0 Å². The Labute approximate surface area is 162 Å². The maximum atomic E-state index is 12.8. The van der Waals surface area contributed by atoms with Gasteiger partial charge in [0, 0.05) is 18.7 Å². The molecule has 1 aromatic heterocycles. The highest BCUT2D eigenvalue weighted by Gasteiger charge is 2.16. The number of aliphatic hydroxyl groups is 1. The average Bonchev–Trinajstić information content (AvgIpc) is 3.11. The Morgan fingerprint density at radius 2 is 1.85 bits per heavy atom. The molecule has 0 saturated carbocycles. The van der Waals surface area contributed by atoms with Crippen LogP contribution in [-0.2, 0) is 13.2 Å². The summed E-state index contributed by atoms with van der Waals surface area (Å²) in [6, 6.07) is 16.7. The van der Waals surface area contributed by atoms with Crippen LogP contribution in [0.3, 0.4) is 0 Å². The van der Waals surface area contributed by atoms with Gasteiger partial charge in [-0.15, -0.1) is 0 Å². The third-order valence-electron chi connectivity index (χ3n) is 4.10. The Balaban J connectivity index is 1.64. The van der Waals surface area contributed by atoms with E-state index in [4.69, 9.17) is 4.74 Å². The quantitative estimate of drug-likeness (QED) is 0.647. The van der Waals surface area contributed by atoms with Gasteiger partial charge in [-0.1, -0.05) is 30.3 Å². The molecule has 0 saturated heterocycles. The van der Waals surface area contributed by atoms with E-state index in [1.165, 1.54) is 11.7 Å². The van der Waals surface area contributed by atoms with Gasteiger partial charge in [0.2, 0.25) is 0 Å². The number of carbonyl (C=O) groups excluding carboxylic acids is 1. The van der Waals surface area contributed by atoms with Crippen LogP contribution in [0, 0.1) is 6.92 Å². The molecule has 0 spiro atoms. The monoisotopic (exact) mass is 383 g/mol. The van der Waals surface area contributed by atoms with Crippen molar-refractivity contribution in [3.8, 4) is 5.75 Å². The fourth-order valence-electron chi connectivity index (χ4n) is 2.59. The van der Waals surface area contributed by atoms with Gasteiger partial charge in [0.25, 0.3) is 5.91 Å². The zero-order valence-electron chi connectivity index (χ0n) is 15.0. The van der Waals surface area contributed by atoms with E-state index < -0.39 is 0 Å². The van der Waals surface area contributed by atoms with Gasteiger partial charge < -0.3 is 14.7 Å². The number of amides is 1. The molecule has 0 aliphatic carbocycles. The largest absolute Gasteiger partial charge is 0.487 e. The molecule has 1 N–H and O–H groups in total. The molecule has 3 aromatic rings. The smallest absolute Gasteiger partial charge is 0.254 e. The van der Waals surface area contributed by atoms with E-state index in [1.807, 2.05) is 37.3 Å². The summed E-state index contributed by atoms with van der Waals surface area (Å²) in [7, 11) is 0. The second kappa shape index (κ2) is 9.25. The van der Waals surface area contributed by atoms with Crippen molar-refractivity contribution >= 4 is 17.6 Å². The maximum absolute atomic E-state index is 12.8. The third kappa shape index (κ3) is 5.12. The molecule has 0 atom stereocenters. The van der Waals surface area contributed by atoms with E-state index in [2.05, 4.69) is 8.75 Å². The molecule has 1 amide bonds. The van der Waals surface area contributed by atoms with E-state index in [-0.39, 0.29) is 19.1 Å². The van der Waals surface area contributed by atoms with Crippen molar-refractivity contribution in [3.63, 3.8) is 0 Å². The molecule has 7 heteroatoms. The van der Waals surface area contributed by atoms with Crippen molar-refractivity contribution < 1.29 is 14.6 Å². The van der Waals surface area contributed by atoms with E-state index in [0.717, 1.165) is 17.0 Å². The van der Waals surface area contributed by atoms with E-state index in [1.54, 1.807) is 29.2 Å². The maximum Gasteiger partial charge on any atom is 0.254 e. The lowest BCUT2D eigenvalue weighted by Gasteiger charge is -2.22. The van der Waals surface area contributed by atoms with Crippen LogP contribution in [-0.4, -0.2) is 37.8 Å². The van der Waals surface area contributed by atoms with Gasteiger partial charge in [-0.25, -0.2) is 0 Å². The van der Waals surface area contributed by atoms with Crippen molar-refractivity contribution in [2.75, 3.05) is 13.2 Å². The molecular weight excluding hydrogens is 362 g/mol. The number of aliphatic hydroxyl groups excluding tert-OH is 1. The molecule has 2 aromatic carbocycles. The summed E-state index contributed by atoms with van der Waals surface area (Å²) in [5, 5.41) is 9.31. The molecule has 0 bridgehead atoms. The van der Waals surface area contributed by atoms with Crippen LogP contribution in [0.1, 0.15) is 27.3 Å². The first-order valence-corrected chi connectivity index (χ1v) is 9.35. The number of hydrogen-bond donors (Lipinski definition) is 1. The Morgan fingerprint density at radius 3 is 2.48 bits per heavy atom. The van der Waals surface area contributed by atoms with E-state index in [0.29, 0.717) is 24.5 Å². The van der Waals surface area contributed by atoms with Gasteiger partial charge in [-0.2, -0.15) is 8.75 Å². The van der Waals surface area contributed by atoms with Crippen LogP contribution in [0.2, 0.25) is 0 Å². The van der Waals surface area contributed by atoms with Crippen LogP contribution in [0.25, 0.3) is 0 Å². The second-order valence-corrected chi connectivity index (χ2v) is 6.57. The Bertz CT molecular complexity index is 866. The number of rotatable bonds is 8. The number of carbonyl (C=O) groups is 1. The number of benzene rings is 2. The molecule has 1 heterocycles. The SMILES string of the molecule is Cc1nsnc1COc1ccc(C(=O)N(CCO)Cc2ccccc2)cc1. The summed E-state index contributed by atoms with van der Waals surface area (Å²) >= 11 is 1.17. The highest BCUT2D eigenvalue weighted by molar-refractivity contribution is 6.99. The van der Waals surface area contributed by atoms with Gasteiger partial charge in [0.15, 0.2) is 0 Å². The van der Waals surface area contributed by atoms with Crippen LogP contribution in [0.5, 0.6) is 5.75 Å². The zero-order chi connectivity index (χ0) is 19.1. The van der Waals surface area contributed by atoms with E-state index in [9.17, 15) is 9.90 Å². The van der Waals surface area contributed by atoms with Crippen molar-refractivity contribution in [2.24, 2.45) is 0 Å². The van der Waals surface area contributed by atoms with Gasteiger partial charge in [-0.3, -0.25) is 4.79 Å². The highest BCUT2D eigenvalue weighted by atomic mass is 32.1. The minimum Gasteiger partial charge on any atom is -0.487 e. The molecule has 0 radical (unpaired) electrons. The molecule has 140 valence electrons. The molecule has 0 unspecified atom stereocenters. The summed E-state index contributed by atoms with van der Waals surface area (Å²) in [4.78, 5) is 14.4. The summed E-state index contributed by atoms with van der Waals surface area (Å²) in [5.41, 5.74) is 3.26. The van der Waals surface area contributed by atoms with Crippen molar-refractivity contribution in [1.29, 1.82) is 0 Å². The second-order valence-electron chi connectivity index (χ2n) is 6.05. The Morgan fingerprint density at radius 1 is 1.11 bits per heavy atom. The summed E-state index contributed by atoms with van der Waals surface area (Å²) in [6.07, 6.45) is 0. The number of hydrogen-bond acceptors (Lipinski definition) is 6. The molecule has 0 fully saturated rings. The molecule has 6 nitrogen and oxygen atoms in total. The zero-order valence-corrected chi connectivity index (χ0v) is 15.9. The first-order valence-electron chi connectivity index (χ1n) is 8.62. The molecule has 3 rings (SSSR count). The van der Waals surface area contributed by atoms with Crippen LogP contribution < -0.4 is 4.74 Å². The van der Waals surface area contributed by atoms with Crippen molar-refractivity contribution in [1.82, 2.24) is 13.6 Å². The Kier molecular flexibility index (Phi) is 6.51.